The van der Waals surface area contributed by atoms with Crippen LogP contribution in [0.1, 0.15) is 19.4 Å². The number of halogens is 1. The van der Waals surface area contributed by atoms with Gasteiger partial charge in [-0.2, -0.15) is 0 Å². The van der Waals surface area contributed by atoms with Crippen molar-refractivity contribution in [1.29, 1.82) is 5.41 Å². The normalized spacial score (nSPS) is 14.5. The molecule has 0 amide bonds. The van der Waals surface area contributed by atoms with Crippen molar-refractivity contribution in [2.75, 3.05) is 0 Å². The molecule has 0 aliphatic carbocycles. The number of rotatable bonds is 4. The molecule has 2 atom stereocenters. The number of hydrogen-bond acceptors (Lipinski definition) is 3. The smallest absolute Gasteiger partial charge is 0.124 e. The number of nitrogens with two attached hydrogens (primary N) is 1. The van der Waals surface area contributed by atoms with E-state index >= 15 is 0 Å². The van der Waals surface area contributed by atoms with Gasteiger partial charge in [0.05, 0.1) is 6.10 Å². The molecule has 1 aromatic rings. The van der Waals surface area contributed by atoms with Crippen LogP contribution in [0.25, 0.3) is 0 Å². The van der Waals surface area contributed by atoms with E-state index in [2.05, 4.69) is 0 Å². The first-order chi connectivity index (χ1) is 7.41. The van der Waals surface area contributed by atoms with E-state index in [0.717, 1.165) is 0 Å². The molecule has 0 bridgehead atoms. The summed E-state index contributed by atoms with van der Waals surface area (Å²) in [5.74, 6) is -0.584. The van der Waals surface area contributed by atoms with Gasteiger partial charge in [0.25, 0.3) is 0 Å². The van der Waals surface area contributed by atoms with Crippen molar-refractivity contribution < 1.29 is 9.50 Å². The van der Waals surface area contributed by atoms with E-state index in [0.29, 0.717) is 10.5 Å². The van der Waals surface area contributed by atoms with Crippen LogP contribution in [0.5, 0.6) is 0 Å². The quantitative estimate of drug-likeness (QED) is 0.429. The summed E-state index contributed by atoms with van der Waals surface area (Å²) in [6, 6.07) is 4.14. The van der Waals surface area contributed by atoms with Crippen LogP contribution in [0.4, 0.5) is 4.39 Å². The Balaban J connectivity index is 2.99. The van der Waals surface area contributed by atoms with Crippen molar-refractivity contribution in [2.24, 2.45) is 5.73 Å². The van der Waals surface area contributed by atoms with Crippen molar-refractivity contribution in [1.82, 2.24) is 0 Å². The number of amidine groups is 1. The van der Waals surface area contributed by atoms with E-state index in [1.165, 1.54) is 23.9 Å². The molecule has 0 spiro atoms. The van der Waals surface area contributed by atoms with Gasteiger partial charge in [-0.15, -0.1) is 11.8 Å². The van der Waals surface area contributed by atoms with Gasteiger partial charge in [0.15, 0.2) is 0 Å². The SMILES string of the molecule is CC(O)C(C)Sc1ccc(F)cc1C(=N)N. The molecule has 1 rings (SSSR count). The number of nitrogens with one attached hydrogen (secondary N) is 1. The van der Waals surface area contributed by atoms with E-state index in [1.807, 2.05) is 6.92 Å². The third-order valence-electron chi connectivity index (χ3n) is 2.22. The van der Waals surface area contributed by atoms with Crippen LogP contribution < -0.4 is 5.73 Å². The highest BCUT2D eigenvalue weighted by atomic mass is 32.2. The summed E-state index contributed by atoms with van der Waals surface area (Å²) in [6.45, 7) is 3.55. The van der Waals surface area contributed by atoms with Crippen LogP contribution in [0, 0.1) is 11.2 Å². The first kappa shape index (κ1) is 13.0. The second-order valence-corrected chi connectivity index (χ2v) is 5.04. The van der Waals surface area contributed by atoms with E-state index in [1.54, 1.807) is 13.0 Å². The second kappa shape index (κ2) is 5.32. The fourth-order valence-electron chi connectivity index (χ4n) is 1.11. The Morgan fingerprint density at radius 3 is 2.62 bits per heavy atom. The molecule has 0 saturated heterocycles. The minimum Gasteiger partial charge on any atom is -0.392 e. The van der Waals surface area contributed by atoms with Crippen LogP contribution in [0.3, 0.4) is 0 Å². The van der Waals surface area contributed by atoms with Crippen LogP contribution >= 0.6 is 11.8 Å². The molecule has 0 fully saturated rings. The summed E-state index contributed by atoms with van der Waals surface area (Å²) < 4.78 is 13.0. The monoisotopic (exact) mass is 242 g/mol. The molecule has 1 aromatic carbocycles. The molecule has 3 nitrogen and oxygen atoms in total. The van der Waals surface area contributed by atoms with Crippen LogP contribution in [0.2, 0.25) is 0 Å². The summed E-state index contributed by atoms with van der Waals surface area (Å²) in [4.78, 5) is 0.710. The van der Waals surface area contributed by atoms with Crippen LogP contribution in [-0.2, 0) is 0 Å². The Bertz CT molecular complexity index is 396. The number of thioether (sulfide) groups is 1. The standard InChI is InChI=1S/C11H15FN2OS/c1-6(15)7(2)16-10-4-3-8(12)5-9(10)11(13)14/h3-7,15H,1-2H3,(H3,13,14). The first-order valence-corrected chi connectivity index (χ1v) is 5.78. The summed E-state index contributed by atoms with van der Waals surface area (Å²) >= 11 is 1.38. The summed E-state index contributed by atoms with van der Waals surface area (Å²) in [5.41, 5.74) is 5.75. The Hall–Kier alpha value is -1.07. The summed E-state index contributed by atoms with van der Waals surface area (Å²) in [5, 5.41) is 16.7. The molecular formula is C11H15FN2OS. The molecule has 2 unspecified atom stereocenters. The lowest BCUT2D eigenvalue weighted by Gasteiger charge is -2.16. The number of hydrogen-bond donors (Lipinski definition) is 3. The van der Waals surface area contributed by atoms with Crippen molar-refractivity contribution in [3.63, 3.8) is 0 Å². The summed E-state index contributed by atoms with van der Waals surface area (Å²) in [6.07, 6.45) is -0.477. The third-order valence-corrected chi connectivity index (χ3v) is 3.60. The van der Waals surface area contributed by atoms with Gasteiger partial charge >= 0.3 is 0 Å². The molecule has 0 aliphatic heterocycles. The lowest BCUT2D eigenvalue weighted by Crippen LogP contribution is -2.17. The first-order valence-electron chi connectivity index (χ1n) is 4.90. The summed E-state index contributed by atoms with van der Waals surface area (Å²) in [7, 11) is 0. The highest BCUT2D eigenvalue weighted by molar-refractivity contribution is 8.00. The van der Waals surface area contributed by atoms with Gasteiger partial charge in [-0.1, -0.05) is 6.92 Å². The number of benzene rings is 1. The van der Waals surface area contributed by atoms with Gasteiger partial charge in [-0.25, -0.2) is 4.39 Å². The van der Waals surface area contributed by atoms with Gasteiger partial charge in [0.1, 0.15) is 11.7 Å². The van der Waals surface area contributed by atoms with Gasteiger partial charge in [0, 0.05) is 15.7 Å². The Morgan fingerprint density at radius 2 is 2.12 bits per heavy atom. The zero-order valence-corrected chi connectivity index (χ0v) is 10.0. The third kappa shape index (κ3) is 3.21. The van der Waals surface area contributed by atoms with Crippen molar-refractivity contribution in [3.05, 3.63) is 29.6 Å². The van der Waals surface area contributed by atoms with Crippen molar-refractivity contribution in [3.8, 4) is 0 Å². The van der Waals surface area contributed by atoms with Gasteiger partial charge in [-0.3, -0.25) is 5.41 Å². The number of nitrogen functional groups attached to an aromatic ring is 1. The molecule has 0 saturated carbocycles. The minimum absolute atomic E-state index is 0.0384. The molecule has 4 N–H and O–H groups in total. The molecule has 0 aliphatic rings. The molecule has 16 heavy (non-hydrogen) atoms. The predicted molar refractivity (Wildman–Crippen MR) is 64.4 cm³/mol. The average molecular weight is 242 g/mol. The Morgan fingerprint density at radius 1 is 1.50 bits per heavy atom. The van der Waals surface area contributed by atoms with Crippen LogP contribution in [-0.4, -0.2) is 22.3 Å². The minimum atomic E-state index is -0.477. The van der Waals surface area contributed by atoms with Gasteiger partial charge in [-0.05, 0) is 25.1 Å². The second-order valence-electron chi connectivity index (χ2n) is 3.62. The Labute approximate surface area is 98.4 Å². The van der Waals surface area contributed by atoms with E-state index in [4.69, 9.17) is 11.1 Å². The maximum Gasteiger partial charge on any atom is 0.124 e. The molecular weight excluding hydrogens is 227 g/mol. The Kier molecular flexibility index (Phi) is 4.32. The fraction of sp³-hybridized carbons (Fsp3) is 0.364. The topological polar surface area (TPSA) is 70.1 Å². The van der Waals surface area contributed by atoms with Crippen molar-refractivity contribution >= 4 is 17.6 Å². The van der Waals surface area contributed by atoms with Crippen molar-refractivity contribution in [2.45, 2.75) is 30.1 Å². The number of aliphatic hydroxyl groups excluding tert-OH is 1. The lowest BCUT2D eigenvalue weighted by molar-refractivity contribution is 0.196. The maximum atomic E-state index is 13.0. The largest absolute Gasteiger partial charge is 0.392 e. The molecule has 0 radical (unpaired) electrons. The number of aliphatic hydroxyl groups is 1. The zero-order valence-electron chi connectivity index (χ0n) is 9.20. The predicted octanol–water partition coefficient (Wildman–Crippen LogP) is 1.97. The van der Waals surface area contributed by atoms with E-state index in [-0.39, 0.29) is 11.1 Å². The van der Waals surface area contributed by atoms with E-state index < -0.39 is 11.9 Å². The zero-order chi connectivity index (χ0) is 12.3. The molecule has 88 valence electrons. The van der Waals surface area contributed by atoms with E-state index in [9.17, 15) is 9.50 Å². The average Bonchev–Trinajstić information content (AvgIpc) is 2.20. The van der Waals surface area contributed by atoms with Gasteiger partial charge < -0.3 is 10.8 Å². The maximum absolute atomic E-state index is 13.0. The molecule has 0 heterocycles. The highest BCUT2D eigenvalue weighted by Gasteiger charge is 2.14. The lowest BCUT2D eigenvalue weighted by atomic mass is 10.2. The molecule has 0 aromatic heterocycles. The highest BCUT2D eigenvalue weighted by Crippen LogP contribution is 2.28. The molecule has 5 heteroatoms. The fourth-order valence-corrected chi connectivity index (χ4v) is 2.15. The van der Waals surface area contributed by atoms with Gasteiger partial charge in [0.2, 0.25) is 0 Å². The van der Waals surface area contributed by atoms with Crippen LogP contribution in [0.15, 0.2) is 23.1 Å².